The van der Waals surface area contributed by atoms with Crippen LogP contribution in [0.25, 0.3) is 0 Å². The van der Waals surface area contributed by atoms with Crippen LogP contribution in [0.4, 0.5) is 0 Å². The summed E-state index contributed by atoms with van der Waals surface area (Å²) in [5, 5.41) is 0.558. The Morgan fingerprint density at radius 1 is 1.43 bits per heavy atom. The molecular weight excluding hydrogens is 186 g/mol. The first-order chi connectivity index (χ1) is 6.56. The van der Waals surface area contributed by atoms with Gasteiger partial charge in [-0.1, -0.05) is 13.8 Å². The summed E-state index contributed by atoms with van der Waals surface area (Å²) in [6, 6.07) is 0. The van der Waals surface area contributed by atoms with Crippen molar-refractivity contribution in [3.8, 4) is 0 Å². The predicted molar refractivity (Wildman–Crippen MR) is 46.3 cm³/mol. The van der Waals surface area contributed by atoms with Crippen molar-refractivity contribution in [2.45, 2.75) is 26.7 Å². The minimum Gasteiger partial charge on any atom is -0.330 e. The van der Waals surface area contributed by atoms with Crippen LogP contribution < -0.4 is 0 Å². The highest BCUT2D eigenvalue weighted by atomic mass is 16.7. The van der Waals surface area contributed by atoms with E-state index in [1.165, 1.54) is 0 Å². The second-order valence-corrected chi connectivity index (χ2v) is 3.11. The van der Waals surface area contributed by atoms with Gasteiger partial charge >= 0.3 is 5.97 Å². The zero-order chi connectivity index (χ0) is 10.7. The number of carbonyl (C=O) groups is 3. The Bertz CT molecular complexity index is 258. The zero-order valence-electron chi connectivity index (χ0n) is 8.15. The topological polar surface area (TPSA) is 63.7 Å². The smallest absolute Gasteiger partial charge is 0.330 e. The van der Waals surface area contributed by atoms with Crippen LogP contribution in [0.1, 0.15) is 26.7 Å². The van der Waals surface area contributed by atoms with Crippen molar-refractivity contribution >= 4 is 17.8 Å². The minimum absolute atomic E-state index is 0.121. The lowest BCUT2D eigenvalue weighted by atomic mass is 10.1. The maximum Gasteiger partial charge on any atom is 0.336 e. The van der Waals surface area contributed by atoms with Crippen molar-refractivity contribution in [1.82, 2.24) is 5.06 Å². The molecule has 0 spiro atoms. The SMILES string of the molecule is C[CH]C(C)C(=O)ON1C(=O)CCC1=O. The Hall–Kier alpha value is -1.39. The Morgan fingerprint density at radius 3 is 2.36 bits per heavy atom. The second kappa shape index (κ2) is 4.21. The molecule has 0 aromatic carbocycles. The van der Waals surface area contributed by atoms with Crippen molar-refractivity contribution in [3.63, 3.8) is 0 Å². The van der Waals surface area contributed by atoms with E-state index in [1.54, 1.807) is 20.3 Å². The lowest BCUT2D eigenvalue weighted by molar-refractivity contribution is -0.199. The fourth-order valence-corrected chi connectivity index (χ4v) is 0.967. The molecule has 0 aromatic heterocycles. The van der Waals surface area contributed by atoms with Gasteiger partial charge in [-0.15, -0.1) is 5.06 Å². The van der Waals surface area contributed by atoms with Gasteiger partial charge in [-0.25, -0.2) is 4.79 Å². The van der Waals surface area contributed by atoms with Gasteiger partial charge in [0.1, 0.15) is 0 Å². The van der Waals surface area contributed by atoms with Gasteiger partial charge in [0, 0.05) is 12.8 Å². The van der Waals surface area contributed by atoms with Gasteiger partial charge < -0.3 is 4.84 Å². The lowest BCUT2D eigenvalue weighted by Gasteiger charge is -2.14. The molecule has 0 aromatic rings. The first-order valence-electron chi connectivity index (χ1n) is 4.43. The molecule has 0 saturated carbocycles. The number of imide groups is 1. The van der Waals surface area contributed by atoms with E-state index in [9.17, 15) is 14.4 Å². The molecule has 5 heteroatoms. The zero-order valence-corrected chi connectivity index (χ0v) is 8.15. The molecule has 1 atom stereocenters. The number of amides is 2. The lowest BCUT2D eigenvalue weighted by Crippen LogP contribution is -2.34. The van der Waals surface area contributed by atoms with Gasteiger partial charge in [0.25, 0.3) is 11.8 Å². The molecule has 1 aliphatic heterocycles. The molecule has 77 valence electrons. The van der Waals surface area contributed by atoms with Crippen LogP contribution in [0, 0.1) is 12.3 Å². The van der Waals surface area contributed by atoms with Crippen LogP contribution in [-0.4, -0.2) is 22.8 Å². The summed E-state index contributed by atoms with van der Waals surface area (Å²) in [7, 11) is 0. The van der Waals surface area contributed by atoms with Crippen LogP contribution in [0.2, 0.25) is 0 Å². The molecule has 1 heterocycles. The van der Waals surface area contributed by atoms with E-state index in [0.717, 1.165) is 0 Å². The van der Waals surface area contributed by atoms with Crippen molar-refractivity contribution < 1.29 is 19.2 Å². The number of hydrogen-bond donors (Lipinski definition) is 0. The van der Waals surface area contributed by atoms with Crippen LogP contribution in [0.15, 0.2) is 0 Å². The average molecular weight is 198 g/mol. The van der Waals surface area contributed by atoms with E-state index >= 15 is 0 Å². The molecule has 1 fully saturated rings. The molecule has 1 rings (SSSR count). The monoisotopic (exact) mass is 198 g/mol. The van der Waals surface area contributed by atoms with Gasteiger partial charge in [0.05, 0.1) is 5.92 Å². The summed E-state index contributed by atoms with van der Waals surface area (Å²) in [5.41, 5.74) is 0. The van der Waals surface area contributed by atoms with Crippen LogP contribution in [0.3, 0.4) is 0 Å². The molecule has 5 nitrogen and oxygen atoms in total. The van der Waals surface area contributed by atoms with E-state index < -0.39 is 23.7 Å². The average Bonchev–Trinajstić information content (AvgIpc) is 2.48. The largest absolute Gasteiger partial charge is 0.336 e. The summed E-state index contributed by atoms with van der Waals surface area (Å²) >= 11 is 0. The van der Waals surface area contributed by atoms with E-state index in [-0.39, 0.29) is 12.8 Å². The first-order valence-corrected chi connectivity index (χ1v) is 4.43. The minimum atomic E-state index is -0.587. The second-order valence-electron chi connectivity index (χ2n) is 3.11. The third kappa shape index (κ3) is 2.10. The molecule has 2 amide bonds. The van der Waals surface area contributed by atoms with Gasteiger partial charge in [0.2, 0.25) is 0 Å². The van der Waals surface area contributed by atoms with E-state index in [2.05, 4.69) is 4.84 Å². The number of hydrogen-bond acceptors (Lipinski definition) is 4. The van der Waals surface area contributed by atoms with Crippen molar-refractivity contribution in [2.75, 3.05) is 0 Å². The number of nitrogens with zero attached hydrogens (tertiary/aromatic N) is 1. The van der Waals surface area contributed by atoms with Crippen LogP contribution in [0.5, 0.6) is 0 Å². The Labute approximate surface area is 82.0 Å². The van der Waals surface area contributed by atoms with Gasteiger partial charge in [-0.05, 0) is 6.42 Å². The maximum absolute atomic E-state index is 11.2. The Kier molecular flexibility index (Phi) is 3.22. The summed E-state index contributed by atoms with van der Waals surface area (Å²) < 4.78 is 0. The number of carbonyl (C=O) groups excluding carboxylic acids is 3. The Balaban J connectivity index is 2.55. The molecule has 1 saturated heterocycles. The summed E-state index contributed by atoms with van der Waals surface area (Å²) in [6.45, 7) is 3.34. The molecule has 0 N–H and O–H groups in total. The van der Waals surface area contributed by atoms with Crippen molar-refractivity contribution in [3.05, 3.63) is 6.42 Å². The highest BCUT2D eigenvalue weighted by Crippen LogP contribution is 2.14. The fourth-order valence-electron chi connectivity index (χ4n) is 0.967. The van der Waals surface area contributed by atoms with E-state index in [0.29, 0.717) is 5.06 Å². The third-order valence-corrected chi connectivity index (χ3v) is 2.06. The normalized spacial score (nSPS) is 18.6. The molecule has 1 radical (unpaired) electrons. The molecule has 1 aliphatic rings. The van der Waals surface area contributed by atoms with Crippen molar-refractivity contribution in [1.29, 1.82) is 0 Å². The summed E-state index contributed by atoms with van der Waals surface area (Å²) in [6.07, 6.45) is 1.88. The molecule has 0 bridgehead atoms. The Morgan fingerprint density at radius 2 is 1.93 bits per heavy atom. The fraction of sp³-hybridized carbons (Fsp3) is 0.556. The quantitative estimate of drug-likeness (QED) is 0.618. The standard InChI is InChI=1S/C9H12NO4/c1-3-6(2)9(13)14-10-7(11)4-5-8(10)12/h3,6H,4-5H2,1-2H3. The number of rotatable bonds is 3. The highest BCUT2D eigenvalue weighted by Gasteiger charge is 2.33. The van der Waals surface area contributed by atoms with Crippen LogP contribution in [-0.2, 0) is 19.2 Å². The molecule has 1 unspecified atom stereocenters. The third-order valence-electron chi connectivity index (χ3n) is 2.06. The highest BCUT2D eigenvalue weighted by molar-refractivity contribution is 6.01. The predicted octanol–water partition coefficient (Wildman–Crippen LogP) is 0.454. The maximum atomic E-state index is 11.2. The van der Waals surface area contributed by atoms with E-state index in [1.807, 2.05) is 0 Å². The first kappa shape index (κ1) is 10.7. The number of hydroxylamine groups is 2. The molecular formula is C9H12NO4. The van der Waals surface area contributed by atoms with Gasteiger partial charge in [0.15, 0.2) is 0 Å². The van der Waals surface area contributed by atoms with Gasteiger partial charge in [-0.3, -0.25) is 9.59 Å². The van der Waals surface area contributed by atoms with Gasteiger partial charge in [-0.2, -0.15) is 0 Å². The van der Waals surface area contributed by atoms with Crippen LogP contribution >= 0.6 is 0 Å². The molecule has 14 heavy (non-hydrogen) atoms. The summed E-state index contributed by atoms with van der Waals surface area (Å²) in [5.74, 6) is -1.91. The van der Waals surface area contributed by atoms with Crippen molar-refractivity contribution in [2.24, 2.45) is 5.92 Å². The summed E-state index contributed by atoms with van der Waals surface area (Å²) in [4.78, 5) is 38.0. The van der Waals surface area contributed by atoms with E-state index in [4.69, 9.17) is 0 Å². The molecule has 0 aliphatic carbocycles.